The van der Waals surface area contributed by atoms with Crippen molar-refractivity contribution in [3.63, 3.8) is 0 Å². The molecule has 0 bridgehead atoms. The van der Waals surface area contributed by atoms with Crippen LogP contribution in [-0.4, -0.2) is 52.5 Å². The molecular weight excluding hydrogens is 238 g/mol. The number of carbonyl (C=O) groups excluding carboxylic acids is 1. The number of hydrogen-bond donors (Lipinski definition) is 1. The molecule has 104 valence electrons. The summed E-state index contributed by atoms with van der Waals surface area (Å²) in [4.78, 5) is 24.4. The van der Waals surface area contributed by atoms with Crippen LogP contribution in [0.4, 0.5) is 4.79 Å². The van der Waals surface area contributed by atoms with Crippen LogP contribution in [0.5, 0.6) is 0 Å². The van der Waals surface area contributed by atoms with E-state index in [0.29, 0.717) is 0 Å². The van der Waals surface area contributed by atoms with Gasteiger partial charge in [0, 0.05) is 0 Å². The van der Waals surface area contributed by atoms with E-state index in [1.54, 1.807) is 20.8 Å². The molecule has 18 heavy (non-hydrogen) atoms. The lowest BCUT2D eigenvalue weighted by Crippen LogP contribution is -2.60. The fourth-order valence-corrected chi connectivity index (χ4v) is 1.64. The number of nitrogens with zero attached hydrogens (tertiary/aromatic N) is 1. The Labute approximate surface area is 107 Å². The second-order valence-electron chi connectivity index (χ2n) is 6.04. The van der Waals surface area contributed by atoms with Crippen LogP contribution < -0.4 is 0 Å². The number of aliphatic carboxylic acids is 1. The first-order valence-corrected chi connectivity index (χ1v) is 5.88. The summed E-state index contributed by atoms with van der Waals surface area (Å²) in [5.74, 6) is -1.07. The molecule has 1 rings (SSSR count). The minimum Gasteiger partial charge on any atom is -0.479 e. The van der Waals surface area contributed by atoms with Gasteiger partial charge in [0.2, 0.25) is 0 Å². The highest BCUT2D eigenvalue weighted by Gasteiger charge is 2.42. The highest BCUT2D eigenvalue weighted by Crippen LogP contribution is 2.24. The molecule has 0 saturated carbocycles. The molecule has 0 aliphatic carbocycles. The van der Waals surface area contributed by atoms with Crippen LogP contribution >= 0.6 is 0 Å². The monoisotopic (exact) mass is 259 g/mol. The highest BCUT2D eigenvalue weighted by atomic mass is 16.6. The van der Waals surface area contributed by atoms with Gasteiger partial charge in [-0.15, -0.1) is 0 Å². The number of hydrogen-bond acceptors (Lipinski definition) is 4. The molecule has 1 N–H and O–H groups in total. The van der Waals surface area contributed by atoms with Gasteiger partial charge in [0.1, 0.15) is 5.60 Å². The third-order valence-electron chi connectivity index (χ3n) is 2.61. The van der Waals surface area contributed by atoms with Crippen LogP contribution in [0.25, 0.3) is 0 Å². The van der Waals surface area contributed by atoms with Gasteiger partial charge < -0.3 is 14.6 Å². The molecule has 0 aromatic heterocycles. The first-order valence-electron chi connectivity index (χ1n) is 5.88. The molecule has 1 aliphatic rings. The van der Waals surface area contributed by atoms with Gasteiger partial charge in [-0.1, -0.05) is 0 Å². The topological polar surface area (TPSA) is 76.1 Å². The van der Waals surface area contributed by atoms with Crippen LogP contribution in [0, 0.1) is 0 Å². The first kappa shape index (κ1) is 14.8. The van der Waals surface area contributed by atoms with Crippen molar-refractivity contribution in [3.8, 4) is 0 Å². The number of amides is 1. The van der Waals surface area contributed by atoms with Crippen LogP contribution in [0.15, 0.2) is 0 Å². The van der Waals surface area contributed by atoms with Gasteiger partial charge in [0.15, 0.2) is 6.10 Å². The van der Waals surface area contributed by atoms with Gasteiger partial charge in [-0.05, 0) is 34.6 Å². The summed E-state index contributed by atoms with van der Waals surface area (Å²) >= 11 is 0. The summed E-state index contributed by atoms with van der Waals surface area (Å²) in [6.07, 6.45) is -1.51. The standard InChI is InChI=1S/C12H21NO5/c1-11(2,3)18-10(16)13-6-8(9(14)15)17-7-12(13,4)5/h8H,6-7H2,1-5H3,(H,14,15)/t8-/m0/s1. The maximum Gasteiger partial charge on any atom is 0.410 e. The van der Waals surface area contributed by atoms with E-state index in [4.69, 9.17) is 14.6 Å². The average molecular weight is 259 g/mol. The predicted octanol–water partition coefficient (Wildman–Crippen LogP) is 1.49. The second-order valence-corrected chi connectivity index (χ2v) is 6.04. The van der Waals surface area contributed by atoms with Crippen molar-refractivity contribution in [1.29, 1.82) is 0 Å². The van der Waals surface area contributed by atoms with Gasteiger partial charge in [-0.2, -0.15) is 0 Å². The summed E-state index contributed by atoms with van der Waals surface area (Å²) < 4.78 is 10.5. The van der Waals surface area contributed by atoms with Crippen molar-refractivity contribution < 1.29 is 24.2 Å². The van der Waals surface area contributed by atoms with E-state index in [0.717, 1.165) is 0 Å². The molecule has 0 aromatic rings. The molecule has 0 unspecified atom stereocenters. The summed E-state index contributed by atoms with van der Waals surface area (Å²) in [6.45, 7) is 9.11. The van der Waals surface area contributed by atoms with Gasteiger partial charge in [0.25, 0.3) is 0 Å². The van der Waals surface area contributed by atoms with E-state index in [9.17, 15) is 9.59 Å². The predicted molar refractivity (Wildman–Crippen MR) is 64.4 cm³/mol. The van der Waals surface area contributed by atoms with Crippen molar-refractivity contribution in [1.82, 2.24) is 4.90 Å². The molecule has 0 radical (unpaired) electrons. The molecular formula is C12H21NO5. The van der Waals surface area contributed by atoms with E-state index in [1.165, 1.54) is 4.90 Å². The second kappa shape index (κ2) is 4.76. The quantitative estimate of drug-likeness (QED) is 0.772. The Kier molecular flexibility index (Phi) is 3.90. The molecule has 1 fully saturated rings. The van der Waals surface area contributed by atoms with Crippen LogP contribution in [0.1, 0.15) is 34.6 Å². The highest BCUT2D eigenvalue weighted by molar-refractivity contribution is 5.75. The fourth-order valence-electron chi connectivity index (χ4n) is 1.64. The number of carboxylic acid groups (broad SMARTS) is 1. The number of carbonyl (C=O) groups is 2. The molecule has 0 aromatic carbocycles. The lowest BCUT2D eigenvalue weighted by molar-refractivity contribution is -0.163. The molecule has 6 heteroatoms. The van der Waals surface area contributed by atoms with Gasteiger partial charge in [0.05, 0.1) is 18.7 Å². The normalized spacial score (nSPS) is 23.6. The summed E-state index contributed by atoms with van der Waals surface area (Å²) in [7, 11) is 0. The molecule has 0 spiro atoms. The zero-order valence-electron chi connectivity index (χ0n) is 11.5. The zero-order valence-corrected chi connectivity index (χ0v) is 11.5. The lowest BCUT2D eigenvalue weighted by Gasteiger charge is -2.44. The maximum atomic E-state index is 12.1. The minimum atomic E-state index is -1.07. The van der Waals surface area contributed by atoms with Crippen molar-refractivity contribution in [3.05, 3.63) is 0 Å². The Hall–Kier alpha value is -1.30. The smallest absolute Gasteiger partial charge is 0.410 e. The van der Waals surface area contributed by atoms with Gasteiger partial charge in [-0.25, -0.2) is 9.59 Å². The number of ether oxygens (including phenoxy) is 2. The SMILES string of the molecule is CC(C)(C)OC(=O)N1C[C@@H](C(=O)O)OCC1(C)C. The Morgan fingerprint density at radius 2 is 1.94 bits per heavy atom. The van der Waals surface area contributed by atoms with Gasteiger partial charge >= 0.3 is 12.1 Å². The Balaban J connectivity index is 2.81. The van der Waals surface area contributed by atoms with Crippen molar-refractivity contribution in [2.45, 2.75) is 51.9 Å². The maximum absolute atomic E-state index is 12.1. The third-order valence-corrected chi connectivity index (χ3v) is 2.61. The number of carboxylic acids is 1. The third kappa shape index (κ3) is 3.60. The zero-order chi connectivity index (χ0) is 14.1. The van der Waals surface area contributed by atoms with Crippen molar-refractivity contribution >= 4 is 12.1 Å². The molecule has 1 saturated heterocycles. The largest absolute Gasteiger partial charge is 0.479 e. The Morgan fingerprint density at radius 1 is 1.39 bits per heavy atom. The van der Waals surface area contributed by atoms with Crippen molar-refractivity contribution in [2.75, 3.05) is 13.2 Å². The summed E-state index contributed by atoms with van der Waals surface area (Å²) in [5.41, 5.74) is -1.18. The summed E-state index contributed by atoms with van der Waals surface area (Å²) in [5, 5.41) is 8.94. The number of morpholine rings is 1. The van der Waals surface area contributed by atoms with E-state index < -0.39 is 29.3 Å². The van der Waals surface area contributed by atoms with E-state index in [2.05, 4.69) is 0 Å². The molecule has 1 aliphatic heterocycles. The van der Waals surface area contributed by atoms with Crippen LogP contribution in [0.3, 0.4) is 0 Å². The fraction of sp³-hybridized carbons (Fsp3) is 0.833. The Bertz CT molecular complexity index is 345. The van der Waals surface area contributed by atoms with E-state index in [1.807, 2.05) is 13.8 Å². The molecule has 1 amide bonds. The van der Waals surface area contributed by atoms with Gasteiger partial charge in [-0.3, -0.25) is 4.90 Å². The Morgan fingerprint density at radius 3 is 2.39 bits per heavy atom. The van der Waals surface area contributed by atoms with E-state index >= 15 is 0 Å². The first-order chi connectivity index (χ1) is 8.03. The minimum absolute atomic E-state index is 0.00273. The van der Waals surface area contributed by atoms with Crippen LogP contribution in [0.2, 0.25) is 0 Å². The van der Waals surface area contributed by atoms with Crippen LogP contribution in [-0.2, 0) is 14.3 Å². The lowest BCUT2D eigenvalue weighted by atomic mass is 10.0. The summed E-state index contributed by atoms with van der Waals surface area (Å²) in [6, 6.07) is 0. The van der Waals surface area contributed by atoms with Crippen molar-refractivity contribution in [2.24, 2.45) is 0 Å². The molecule has 1 atom stereocenters. The molecule has 6 nitrogen and oxygen atoms in total. The molecule has 1 heterocycles. The van der Waals surface area contributed by atoms with E-state index in [-0.39, 0.29) is 13.2 Å². The number of rotatable bonds is 1. The average Bonchev–Trinajstić information content (AvgIpc) is 2.13.